The van der Waals surface area contributed by atoms with E-state index < -0.39 is 29.7 Å². The molecule has 1 atom stereocenters. The Kier molecular flexibility index (Phi) is 5.31. The molecule has 2 aromatic rings. The van der Waals surface area contributed by atoms with Gasteiger partial charge in [-0.3, -0.25) is 4.79 Å². The Morgan fingerprint density at radius 3 is 2.28 bits per heavy atom. The lowest BCUT2D eigenvalue weighted by Gasteiger charge is -2.16. The molecule has 8 heteroatoms. The molecule has 2 rings (SSSR count). The molecular weight excluding hydrogens is 335 g/mol. The molecule has 0 spiro atoms. The Labute approximate surface area is 142 Å². The third kappa shape index (κ3) is 4.97. The van der Waals surface area contributed by atoms with Gasteiger partial charge in [-0.25, -0.2) is 4.79 Å². The molecule has 0 heterocycles. The summed E-state index contributed by atoms with van der Waals surface area (Å²) >= 11 is 0. The molecule has 25 heavy (non-hydrogen) atoms. The Morgan fingerprint density at radius 2 is 1.72 bits per heavy atom. The second-order valence-corrected chi connectivity index (χ2v) is 5.38. The van der Waals surface area contributed by atoms with Crippen molar-refractivity contribution in [1.82, 2.24) is 5.32 Å². The van der Waals surface area contributed by atoms with Crippen molar-refractivity contribution in [2.45, 2.75) is 19.1 Å². The van der Waals surface area contributed by atoms with Crippen molar-refractivity contribution in [3.63, 3.8) is 0 Å². The minimum Gasteiger partial charge on any atom is -0.351 e. The van der Waals surface area contributed by atoms with Crippen molar-refractivity contribution >= 4 is 17.6 Å². The van der Waals surface area contributed by atoms with Crippen LogP contribution in [0.2, 0.25) is 0 Å². The second kappa shape index (κ2) is 7.25. The molecule has 0 fully saturated rings. The first-order valence-electron chi connectivity index (χ1n) is 7.31. The van der Waals surface area contributed by atoms with Crippen molar-refractivity contribution in [1.29, 1.82) is 0 Å². The Bertz CT molecular complexity index is 773. The number of nitrogens with two attached hydrogens (primary N) is 1. The van der Waals surface area contributed by atoms with Crippen LogP contribution >= 0.6 is 0 Å². The van der Waals surface area contributed by atoms with Crippen molar-refractivity contribution in [3.05, 3.63) is 65.2 Å². The van der Waals surface area contributed by atoms with Gasteiger partial charge in [0.15, 0.2) is 0 Å². The average Bonchev–Trinajstić information content (AvgIpc) is 2.54. The number of amides is 3. The van der Waals surface area contributed by atoms with E-state index in [2.05, 4.69) is 10.6 Å². The SMILES string of the molecule is CC(NC(=O)c1ccc(NC(N)=O)cc1)c1cccc(C(F)(F)F)c1. The van der Waals surface area contributed by atoms with Gasteiger partial charge in [-0.1, -0.05) is 12.1 Å². The number of rotatable bonds is 4. The third-order valence-electron chi connectivity index (χ3n) is 3.48. The van der Waals surface area contributed by atoms with Gasteiger partial charge in [-0.05, 0) is 48.9 Å². The van der Waals surface area contributed by atoms with Crippen LogP contribution < -0.4 is 16.4 Å². The molecule has 0 aliphatic rings. The van der Waals surface area contributed by atoms with Gasteiger partial charge in [-0.15, -0.1) is 0 Å². The van der Waals surface area contributed by atoms with Crippen LogP contribution in [0.15, 0.2) is 48.5 Å². The van der Waals surface area contributed by atoms with E-state index >= 15 is 0 Å². The summed E-state index contributed by atoms with van der Waals surface area (Å²) in [4.78, 5) is 22.9. The predicted molar refractivity (Wildman–Crippen MR) is 87.0 cm³/mol. The number of primary amides is 1. The summed E-state index contributed by atoms with van der Waals surface area (Å²) in [5.74, 6) is -0.449. The van der Waals surface area contributed by atoms with Crippen LogP contribution in [0.3, 0.4) is 0 Å². The molecule has 3 amide bonds. The summed E-state index contributed by atoms with van der Waals surface area (Å²) in [6, 6.07) is 9.38. The standard InChI is InChI=1S/C17H16F3N3O2/c1-10(12-3-2-4-13(9-12)17(18,19)20)22-15(24)11-5-7-14(8-6-11)23-16(21)25/h2-10H,1H3,(H,22,24)(H3,21,23,25). The monoisotopic (exact) mass is 351 g/mol. The van der Waals surface area contributed by atoms with Gasteiger partial charge in [0, 0.05) is 11.3 Å². The van der Waals surface area contributed by atoms with Crippen LogP contribution in [0.1, 0.15) is 34.5 Å². The number of benzene rings is 2. The fourth-order valence-corrected chi connectivity index (χ4v) is 2.19. The van der Waals surface area contributed by atoms with Crippen LogP contribution in [-0.2, 0) is 6.18 Å². The molecule has 1 unspecified atom stereocenters. The summed E-state index contributed by atoms with van der Waals surface area (Å²) in [5.41, 5.74) is 5.28. The molecule has 5 nitrogen and oxygen atoms in total. The molecule has 2 aromatic carbocycles. The van der Waals surface area contributed by atoms with Crippen LogP contribution in [-0.4, -0.2) is 11.9 Å². The first kappa shape index (κ1) is 18.3. The maximum absolute atomic E-state index is 12.8. The van der Waals surface area contributed by atoms with Gasteiger partial charge < -0.3 is 16.4 Å². The molecule has 0 bridgehead atoms. The van der Waals surface area contributed by atoms with Gasteiger partial charge in [0.25, 0.3) is 5.91 Å². The molecule has 0 aliphatic carbocycles. The van der Waals surface area contributed by atoms with E-state index in [0.29, 0.717) is 16.8 Å². The fraction of sp³-hybridized carbons (Fsp3) is 0.176. The summed E-state index contributed by atoms with van der Waals surface area (Å²) in [6.45, 7) is 1.59. The number of alkyl halides is 3. The molecular formula is C17H16F3N3O2. The molecule has 0 saturated heterocycles. The summed E-state index contributed by atoms with van der Waals surface area (Å²) in [5, 5.41) is 4.99. The Balaban J connectivity index is 2.08. The molecule has 0 aliphatic heterocycles. The number of urea groups is 1. The number of halogens is 3. The summed E-state index contributed by atoms with van der Waals surface area (Å²) in [6.07, 6.45) is -4.44. The Hall–Kier alpha value is -3.03. The van der Waals surface area contributed by atoms with Crippen molar-refractivity contribution < 1.29 is 22.8 Å². The van der Waals surface area contributed by atoms with Crippen LogP contribution in [0.4, 0.5) is 23.7 Å². The van der Waals surface area contributed by atoms with E-state index in [1.54, 1.807) is 6.92 Å². The molecule has 4 N–H and O–H groups in total. The highest BCUT2D eigenvalue weighted by Gasteiger charge is 2.30. The predicted octanol–water partition coefficient (Wildman–Crippen LogP) is 3.69. The molecule has 132 valence electrons. The average molecular weight is 351 g/mol. The zero-order valence-corrected chi connectivity index (χ0v) is 13.2. The lowest BCUT2D eigenvalue weighted by Crippen LogP contribution is -2.27. The number of carbonyl (C=O) groups is 2. The van der Waals surface area contributed by atoms with Crippen LogP contribution in [0, 0.1) is 0 Å². The highest BCUT2D eigenvalue weighted by Crippen LogP contribution is 2.30. The second-order valence-electron chi connectivity index (χ2n) is 5.38. The van der Waals surface area contributed by atoms with E-state index in [1.807, 2.05) is 0 Å². The molecule has 0 radical (unpaired) electrons. The maximum Gasteiger partial charge on any atom is 0.416 e. The highest BCUT2D eigenvalue weighted by molar-refractivity contribution is 5.95. The minimum atomic E-state index is -4.44. The lowest BCUT2D eigenvalue weighted by molar-refractivity contribution is -0.137. The number of carbonyl (C=O) groups excluding carboxylic acids is 2. The van der Waals surface area contributed by atoms with E-state index in [4.69, 9.17) is 5.73 Å². The fourth-order valence-electron chi connectivity index (χ4n) is 2.19. The topological polar surface area (TPSA) is 84.2 Å². The maximum atomic E-state index is 12.8. The van der Waals surface area contributed by atoms with E-state index in [9.17, 15) is 22.8 Å². The van der Waals surface area contributed by atoms with Gasteiger partial charge >= 0.3 is 12.2 Å². The zero-order valence-electron chi connectivity index (χ0n) is 13.2. The van der Waals surface area contributed by atoms with Gasteiger partial charge in [-0.2, -0.15) is 13.2 Å². The number of hydrogen-bond donors (Lipinski definition) is 3. The largest absolute Gasteiger partial charge is 0.416 e. The zero-order chi connectivity index (χ0) is 18.6. The third-order valence-corrected chi connectivity index (χ3v) is 3.48. The van der Waals surface area contributed by atoms with E-state index in [-0.39, 0.29) is 0 Å². The number of nitrogens with one attached hydrogen (secondary N) is 2. The lowest BCUT2D eigenvalue weighted by atomic mass is 10.0. The molecule has 0 aromatic heterocycles. The van der Waals surface area contributed by atoms with Crippen molar-refractivity contribution in [2.24, 2.45) is 5.73 Å². The van der Waals surface area contributed by atoms with E-state index in [0.717, 1.165) is 12.1 Å². The smallest absolute Gasteiger partial charge is 0.351 e. The molecule has 0 saturated carbocycles. The quantitative estimate of drug-likeness (QED) is 0.785. The van der Waals surface area contributed by atoms with Gasteiger partial charge in [0.2, 0.25) is 0 Å². The van der Waals surface area contributed by atoms with Crippen LogP contribution in [0.25, 0.3) is 0 Å². The number of anilines is 1. The van der Waals surface area contributed by atoms with Crippen molar-refractivity contribution in [2.75, 3.05) is 5.32 Å². The first-order valence-corrected chi connectivity index (χ1v) is 7.31. The summed E-state index contributed by atoms with van der Waals surface area (Å²) in [7, 11) is 0. The van der Waals surface area contributed by atoms with Crippen molar-refractivity contribution in [3.8, 4) is 0 Å². The first-order chi connectivity index (χ1) is 11.7. The van der Waals surface area contributed by atoms with E-state index in [1.165, 1.54) is 36.4 Å². The number of hydrogen-bond acceptors (Lipinski definition) is 2. The summed E-state index contributed by atoms with van der Waals surface area (Å²) < 4.78 is 38.3. The van der Waals surface area contributed by atoms with Gasteiger partial charge in [0.05, 0.1) is 11.6 Å². The van der Waals surface area contributed by atoms with Gasteiger partial charge in [0.1, 0.15) is 0 Å². The highest BCUT2D eigenvalue weighted by atomic mass is 19.4. The Morgan fingerprint density at radius 1 is 1.08 bits per heavy atom. The minimum absolute atomic E-state index is 0.300. The normalized spacial score (nSPS) is 12.3. The van der Waals surface area contributed by atoms with Crippen LogP contribution in [0.5, 0.6) is 0 Å².